The van der Waals surface area contributed by atoms with Crippen LogP contribution in [0, 0.1) is 0 Å². The molecule has 2 aromatic rings. The molecule has 0 aromatic heterocycles. The molecule has 0 spiro atoms. The summed E-state index contributed by atoms with van der Waals surface area (Å²) in [6.45, 7) is 4.82. The summed E-state index contributed by atoms with van der Waals surface area (Å²) >= 11 is 5.74. The Bertz CT molecular complexity index is 684. The van der Waals surface area contributed by atoms with Gasteiger partial charge in [-0.15, -0.1) is 0 Å². The molecule has 0 amide bonds. The Hall–Kier alpha value is -1.56. The first-order valence-corrected chi connectivity index (χ1v) is 9.36. The van der Waals surface area contributed by atoms with Crippen LogP contribution >= 0.6 is 11.6 Å². The Kier molecular flexibility index (Phi) is 8.09. The van der Waals surface area contributed by atoms with Crippen LogP contribution in [0.25, 0.3) is 0 Å². The van der Waals surface area contributed by atoms with E-state index >= 15 is 0 Å². The van der Waals surface area contributed by atoms with Gasteiger partial charge in [0, 0.05) is 10.7 Å². The predicted molar refractivity (Wildman–Crippen MR) is 97.4 cm³/mol. The molecule has 0 saturated heterocycles. The highest BCUT2D eigenvalue weighted by Gasteiger charge is 2.13. The molecule has 0 heterocycles. The number of anilines is 1. The fourth-order valence-electron chi connectivity index (χ4n) is 1.73. The third-order valence-corrected chi connectivity index (χ3v) is 4.41. The minimum absolute atomic E-state index is 0.174. The lowest BCUT2D eigenvalue weighted by Gasteiger charge is -2.09. The Morgan fingerprint density at radius 2 is 1.52 bits per heavy atom. The molecule has 2 rings (SSSR count). The van der Waals surface area contributed by atoms with Crippen molar-refractivity contribution in [3.8, 4) is 0 Å². The SMILES string of the molecule is CCC.NCCc1ccc(NS(=O)(=O)c2ccc(Cl)cc2)cc1. The van der Waals surface area contributed by atoms with E-state index in [2.05, 4.69) is 18.6 Å². The molecule has 0 atom stereocenters. The van der Waals surface area contributed by atoms with Gasteiger partial charge in [0.15, 0.2) is 0 Å². The molecule has 0 unspecified atom stereocenters. The molecule has 0 bridgehead atoms. The maximum atomic E-state index is 12.1. The second-order valence-corrected chi connectivity index (χ2v) is 7.12. The van der Waals surface area contributed by atoms with E-state index < -0.39 is 10.0 Å². The number of nitrogens with one attached hydrogen (secondary N) is 1. The molecule has 2 aromatic carbocycles. The van der Waals surface area contributed by atoms with Crippen LogP contribution in [-0.4, -0.2) is 15.0 Å². The van der Waals surface area contributed by atoms with Gasteiger partial charge >= 0.3 is 0 Å². The smallest absolute Gasteiger partial charge is 0.261 e. The van der Waals surface area contributed by atoms with Crippen molar-refractivity contribution in [2.24, 2.45) is 5.73 Å². The van der Waals surface area contributed by atoms with E-state index in [4.69, 9.17) is 17.3 Å². The minimum Gasteiger partial charge on any atom is -0.330 e. The summed E-state index contributed by atoms with van der Waals surface area (Å²) in [6.07, 6.45) is 2.02. The number of hydrogen-bond donors (Lipinski definition) is 2. The molecule has 0 fully saturated rings. The molecule has 0 aliphatic rings. The Labute approximate surface area is 143 Å². The Balaban J connectivity index is 0.000000816. The van der Waals surface area contributed by atoms with E-state index in [0.717, 1.165) is 12.0 Å². The number of nitrogens with two attached hydrogens (primary N) is 1. The van der Waals surface area contributed by atoms with Crippen LogP contribution in [0.5, 0.6) is 0 Å². The quantitative estimate of drug-likeness (QED) is 0.850. The minimum atomic E-state index is -3.59. The van der Waals surface area contributed by atoms with Gasteiger partial charge in [-0.2, -0.15) is 0 Å². The number of benzene rings is 2. The molecule has 4 nitrogen and oxygen atoms in total. The zero-order chi connectivity index (χ0) is 17.3. The van der Waals surface area contributed by atoms with Crippen molar-refractivity contribution in [2.75, 3.05) is 11.3 Å². The van der Waals surface area contributed by atoms with E-state index in [9.17, 15) is 8.42 Å². The zero-order valence-corrected chi connectivity index (χ0v) is 15.0. The molecule has 126 valence electrons. The third kappa shape index (κ3) is 6.60. The van der Waals surface area contributed by atoms with Crippen LogP contribution in [-0.2, 0) is 16.4 Å². The van der Waals surface area contributed by atoms with Crippen LogP contribution < -0.4 is 10.5 Å². The van der Waals surface area contributed by atoms with Crippen molar-refractivity contribution in [2.45, 2.75) is 31.6 Å². The highest BCUT2D eigenvalue weighted by molar-refractivity contribution is 7.92. The highest BCUT2D eigenvalue weighted by atomic mass is 35.5. The summed E-state index contributed by atoms with van der Waals surface area (Å²) in [7, 11) is -3.59. The Morgan fingerprint density at radius 3 is 2.00 bits per heavy atom. The van der Waals surface area contributed by atoms with Crippen molar-refractivity contribution in [1.82, 2.24) is 0 Å². The summed E-state index contributed by atoms with van der Waals surface area (Å²) in [4.78, 5) is 0.174. The molecule has 0 aliphatic carbocycles. The van der Waals surface area contributed by atoms with E-state index in [1.54, 1.807) is 24.3 Å². The fraction of sp³-hybridized carbons (Fsp3) is 0.294. The van der Waals surface area contributed by atoms with E-state index in [-0.39, 0.29) is 4.90 Å². The highest BCUT2D eigenvalue weighted by Crippen LogP contribution is 2.18. The number of rotatable bonds is 5. The average Bonchev–Trinajstić information content (AvgIpc) is 2.50. The lowest BCUT2D eigenvalue weighted by molar-refractivity contribution is 0.601. The summed E-state index contributed by atoms with van der Waals surface area (Å²) in [5.74, 6) is 0. The van der Waals surface area contributed by atoms with Gasteiger partial charge in [-0.1, -0.05) is 44.0 Å². The van der Waals surface area contributed by atoms with E-state index in [0.29, 0.717) is 17.3 Å². The van der Waals surface area contributed by atoms with Gasteiger partial charge in [0.1, 0.15) is 0 Å². The van der Waals surface area contributed by atoms with Gasteiger partial charge in [0.25, 0.3) is 10.0 Å². The van der Waals surface area contributed by atoms with Gasteiger partial charge < -0.3 is 5.73 Å². The largest absolute Gasteiger partial charge is 0.330 e. The van der Waals surface area contributed by atoms with Gasteiger partial charge in [-0.3, -0.25) is 4.72 Å². The van der Waals surface area contributed by atoms with Crippen LogP contribution in [0.1, 0.15) is 25.8 Å². The second kappa shape index (κ2) is 9.55. The maximum absolute atomic E-state index is 12.1. The summed E-state index contributed by atoms with van der Waals surface area (Å²) in [5.41, 5.74) is 7.05. The van der Waals surface area contributed by atoms with Crippen LogP contribution in [0.4, 0.5) is 5.69 Å². The Morgan fingerprint density at radius 1 is 1.00 bits per heavy atom. The summed E-state index contributed by atoms with van der Waals surface area (Å²) in [6, 6.07) is 13.2. The van der Waals surface area contributed by atoms with Crippen molar-refractivity contribution in [3.05, 3.63) is 59.1 Å². The molecule has 0 aliphatic heterocycles. The average molecular weight is 355 g/mol. The molecule has 3 N–H and O–H groups in total. The van der Waals surface area contributed by atoms with Crippen molar-refractivity contribution < 1.29 is 8.42 Å². The first kappa shape index (κ1) is 19.5. The molecule has 0 saturated carbocycles. The molecule has 23 heavy (non-hydrogen) atoms. The molecular formula is C17H23ClN2O2S. The normalized spacial score (nSPS) is 10.6. The van der Waals surface area contributed by atoms with Crippen molar-refractivity contribution >= 4 is 27.3 Å². The lowest BCUT2D eigenvalue weighted by atomic mass is 10.1. The second-order valence-electron chi connectivity index (χ2n) is 5.00. The zero-order valence-electron chi connectivity index (χ0n) is 13.4. The van der Waals surface area contributed by atoms with Crippen molar-refractivity contribution in [3.63, 3.8) is 0 Å². The van der Waals surface area contributed by atoms with Crippen LogP contribution in [0.2, 0.25) is 5.02 Å². The third-order valence-electron chi connectivity index (χ3n) is 2.76. The lowest BCUT2D eigenvalue weighted by Crippen LogP contribution is -2.12. The fourth-order valence-corrected chi connectivity index (χ4v) is 2.92. The predicted octanol–water partition coefficient (Wildman–Crippen LogP) is 4.06. The standard InChI is InChI=1S/C14H15ClN2O2S.C3H8/c15-12-3-7-14(8-4-12)20(18,19)17-13-5-1-11(2-6-13)9-10-16;1-3-2/h1-8,17H,9-10,16H2;3H2,1-2H3. The van der Waals surface area contributed by atoms with Gasteiger partial charge in [-0.05, 0) is 54.9 Å². The summed E-state index contributed by atoms with van der Waals surface area (Å²) in [5, 5.41) is 0.495. The topological polar surface area (TPSA) is 72.2 Å². The van der Waals surface area contributed by atoms with Gasteiger partial charge in [0.05, 0.1) is 4.90 Å². The number of hydrogen-bond acceptors (Lipinski definition) is 3. The van der Waals surface area contributed by atoms with Gasteiger partial charge in [0.2, 0.25) is 0 Å². The van der Waals surface area contributed by atoms with Gasteiger partial charge in [-0.25, -0.2) is 8.42 Å². The molecule has 0 radical (unpaired) electrons. The van der Waals surface area contributed by atoms with E-state index in [1.165, 1.54) is 18.6 Å². The monoisotopic (exact) mass is 354 g/mol. The number of halogens is 1. The molecule has 6 heteroatoms. The van der Waals surface area contributed by atoms with E-state index in [1.807, 2.05) is 12.1 Å². The molecular weight excluding hydrogens is 332 g/mol. The van der Waals surface area contributed by atoms with Crippen molar-refractivity contribution in [1.29, 1.82) is 0 Å². The maximum Gasteiger partial charge on any atom is 0.261 e. The summed E-state index contributed by atoms with van der Waals surface area (Å²) < 4.78 is 26.8. The van der Waals surface area contributed by atoms with Crippen LogP contribution in [0.3, 0.4) is 0 Å². The number of sulfonamides is 1. The first-order valence-electron chi connectivity index (χ1n) is 7.50. The first-order chi connectivity index (χ1) is 10.9. The van der Waals surface area contributed by atoms with Crippen LogP contribution in [0.15, 0.2) is 53.4 Å².